The van der Waals surface area contributed by atoms with Crippen LogP contribution < -0.4 is 10.6 Å². The molecule has 0 aliphatic heterocycles. The standard InChI is InChI=1S/C10H14N4O3/c1-6-3-7(2)14-10(13-6)12-4-8(15)11-5-9(16)17/h3H,4-5H2,1-2H3,(H,11,15)(H,16,17)(H,12,13,14). The minimum atomic E-state index is -1.08. The first-order valence-corrected chi connectivity index (χ1v) is 5.02. The second-order valence-corrected chi connectivity index (χ2v) is 3.50. The van der Waals surface area contributed by atoms with Crippen molar-refractivity contribution in [2.75, 3.05) is 18.4 Å². The lowest BCUT2D eigenvalue weighted by Crippen LogP contribution is -2.34. The van der Waals surface area contributed by atoms with Crippen LogP contribution in [-0.4, -0.2) is 40.0 Å². The van der Waals surface area contributed by atoms with E-state index < -0.39 is 18.4 Å². The second-order valence-electron chi connectivity index (χ2n) is 3.50. The molecule has 0 aliphatic rings. The normalized spacial score (nSPS) is 9.76. The molecule has 1 rings (SSSR count). The fourth-order valence-corrected chi connectivity index (χ4v) is 1.20. The van der Waals surface area contributed by atoms with Gasteiger partial charge in [0.1, 0.15) is 6.54 Å². The fourth-order valence-electron chi connectivity index (χ4n) is 1.20. The summed E-state index contributed by atoms with van der Waals surface area (Å²) in [6.45, 7) is 3.19. The number of hydrogen-bond acceptors (Lipinski definition) is 5. The zero-order valence-electron chi connectivity index (χ0n) is 9.65. The SMILES string of the molecule is Cc1cc(C)nc(NCC(=O)NCC(=O)O)n1. The molecule has 1 amide bonds. The van der Waals surface area contributed by atoms with Crippen molar-refractivity contribution in [1.29, 1.82) is 0 Å². The number of carboxylic acids is 1. The number of aliphatic carboxylic acids is 1. The molecule has 0 spiro atoms. The molecule has 0 saturated heterocycles. The van der Waals surface area contributed by atoms with Gasteiger partial charge in [0, 0.05) is 11.4 Å². The topological polar surface area (TPSA) is 104 Å². The van der Waals surface area contributed by atoms with E-state index in [0.717, 1.165) is 11.4 Å². The van der Waals surface area contributed by atoms with E-state index in [0.29, 0.717) is 5.95 Å². The monoisotopic (exact) mass is 238 g/mol. The molecule has 7 heteroatoms. The summed E-state index contributed by atoms with van der Waals surface area (Å²) >= 11 is 0. The van der Waals surface area contributed by atoms with Crippen molar-refractivity contribution in [1.82, 2.24) is 15.3 Å². The van der Waals surface area contributed by atoms with Crippen molar-refractivity contribution in [3.05, 3.63) is 17.5 Å². The van der Waals surface area contributed by atoms with E-state index in [4.69, 9.17) is 5.11 Å². The second kappa shape index (κ2) is 5.78. The largest absolute Gasteiger partial charge is 0.480 e. The van der Waals surface area contributed by atoms with Gasteiger partial charge in [-0.15, -0.1) is 0 Å². The van der Waals surface area contributed by atoms with Gasteiger partial charge in [-0.1, -0.05) is 0 Å². The predicted molar refractivity (Wildman–Crippen MR) is 60.6 cm³/mol. The lowest BCUT2D eigenvalue weighted by Gasteiger charge is -2.06. The highest BCUT2D eigenvalue weighted by molar-refractivity contribution is 5.83. The highest BCUT2D eigenvalue weighted by atomic mass is 16.4. The summed E-state index contributed by atoms with van der Waals surface area (Å²) in [6.07, 6.45) is 0. The molecule has 1 aromatic heterocycles. The molecule has 3 N–H and O–H groups in total. The quantitative estimate of drug-likeness (QED) is 0.651. The molecule has 1 heterocycles. The lowest BCUT2D eigenvalue weighted by atomic mass is 10.4. The lowest BCUT2D eigenvalue weighted by molar-refractivity contribution is -0.137. The Morgan fingerprint density at radius 3 is 2.35 bits per heavy atom. The molecule has 1 aromatic rings. The zero-order chi connectivity index (χ0) is 12.8. The number of carboxylic acid groups (broad SMARTS) is 1. The smallest absolute Gasteiger partial charge is 0.322 e. The maximum absolute atomic E-state index is 11.2. The molecule has 0 atom stereocenters. The Morgan fingerprint density at radius 2 is 1.82 bits per heavy atom. The average Bonchev–Trinajstić information content (AvgIpc) is 2.22. The third-order valence-corrected chi connectivity index (χ3v) is 1.83. The van der Waals surface area contributed by atoms with E-state index in [2.05, 4.69) is 20.6 Å². The van der Waals surface area contributed by atoms with Crippen LogP contribution in [-0.2, 0) is 9.59 Å². The van der Waals surface area contributed by atoms with Gasteiger partial charge in [-0.3, -0.25) is 9.59 Å². The van der Waals surface area contributed by atoms with Crippen LogP contribution in [0.5, 0.6) is 0 Å². The van der Waals surface area contributed by atoms with Crippen LogP contribution >= 0.6 is 0 Å². The van der Waals surface area contributed by atoms with E-state index in [9.17, 15) is 9.59 Å². The Kier molecular flexibility index (Phi) is 4.38. The van der Waals surface area contributed by atoms with E-state index in [1.54, 1.807) is 0 Å². The van der Waals surface area contributed by atoms with Gasteiger partial charge >= 0.3 is 5.97 Å². The van der Waals surface area contributed by atoms with Gasteiger partial charge in [-0.25, -0.2) is 9.97 Å². The average molecular weight is 238 g/mol. The van der Waals surface area contributed by atoms with Crippen LogP contribution in [0.2, 0.25) is 0 Å². The van der Waals surface area contributed by atoms with Gasteiger partial charge in [0.2, 0.25) is 11.9 Å². The third-order valence-electron chi connectivity index (χ3n) is 1.83. The summed E-state index contributed by atoms with van der Waals surface area (Å²) in [5.74, 6) is -1.15. The number of amides is 1. The molecular weight excluding hydrogens is 224 g/mol. The van der Waals surface area contributed by atoms with E-state index in [1.807, 2.05) is 19.9 Å². The Balaban J connectivity index is 2.44. The van der Waals surface area contributed by atoms with Crippen LogP contribution in [0.3, 0.4) is 0 Å². The number of aryl methyl sites for hydroxylation is 2. The van der Waals surface area contributed by atoms with Gasteiger partial charge < -0.3 is 15.7 Å². The first kappa shape index (κ1) is 12.9. The predicted octanol–water partition coefficient (Wildman–Crippen LogP) is -0.294. The molecule has 0 radical (unpaired) electrons. The van der Waals surface area contributed by atoms with Crippen molar-refractivity contribution >= 4 is 17.8 Å². The van der Waals surface area contributed by atoms with Crippen LogP contribution in [0.25, 0.3) is 0 Å². The number of nitrogens with zero attached hydrogens (tertiary/aromatic N) is 2. The van der Waals surface area contributed by atoms with Gasteiger partial charge in [0.25, 0.3) is 0 Å². The highest BCUT2D eigenvalue weighted by Gasteiger charge is 2.05. The molecule has 0 unspecified atom stereocenters. The third kappa shape index (κ3) is 4.92. The van der Waals surface area contributed by atoms with Crippen molar-refractivity contribution in [2.24, 2.45) is 0 Å². The van der Waals surface area contributed by atoms with Crippen LogP contribution in [0.15, 0.2) is 6.07 Å². The molecule has 92 valence electrons. The minimum Gasteiger partial charge on any atom is -0.480 e. The number of hydrogen-bond donors (Lipinski definition) is 3. The van der Waals surface area contributed by atoms with E-state index in [1.165, 1.54) is 0 Å². The first-order valence-electron chi connectivity index (χ1n) is 5.02. The Morgan fingerprint density at radius 1 is 1.24 bits per heavy atom. The summed E-state index contributed by atoms with van der Waals surface area (Å²) in [4.78, 5) is 29.6. The van der Waals surface area contributed by atoms with Crippen molar-refractivity contribution in [2.45, 2.75) is 13.8 Å². The van der Waals surface area contributed by atoms with Gasteiger partial charge in [0.15, 0.2) is 0 Å². The zero-order valence-corrected chi connectivity index (χ0v) is 9.65. The number of carbonyl (C=O) groups excluding carboxylic acids is 1. The maximum atomic E-state index is 11.2. The van der Waals surface area contributed by atoms with E-state index in [-0.39, 0.29) is 6.54 Å². The van der Waals surface area contributed by atoms with Gasteiger partial charge in [-0.05, 0) is 19.9 Å². The maximum Gasteiger partial charge on any atom is 0.322 e. The summed E-state index contributed by atoms with van der Waals surface area (Å²) in [7, 11) is 0. The molecule has 7 nitrogen and oxygen atoms in total. The Hall–Kier alpha value is -2.18. The summed E-state index contributed by atoms with van der Waals surface area (Å²) in [6, 6.07) is 1.82. The number of anilines is 1. The summed E-state index contributed by atoms with van der Waals surface area (Å²) < 4.78 is 0. The molecule has 0 aromatic carbocycles. The van der Waals surface area contributed by atoms with Crippen LogP contribution in [0.1, 0.15) is 11.4 Å². The van der Waals surface area contributed by atoms with Crippen LogP contribution in [0.4, 0.5) is 5.95 Å². The minimum absolute atomic E-state index is 0.0594. The molecule has 17 heavy (non-hydrogen) atoms. The fraction of sp³-hybridized carbons (Fsp3) is 0.400. The van der Waals surface area contributed by atoms with Crippen molar-refractivity contribution < 1.29 is 14.7 Å². The Bertz CT molecular complexity index is 413. The molecular formula is C10H14N4O3. The van der Waals surface area contributed by atoms with Gasteiger partial charge in [-0.2, -0.15) is 0 Å². The highest BCUT2D eigenvalue weighted by Crippen LogP contribution is 2.02. The molecule has 0 aliphatic carbocycles. The number of carbonyl (C=O) groups is 2. The number of aromatic nitrogens is 2. The van der Waals surface area contributed by atoms with Crippen LogP contribution in [0, 0.1) is 13.8 Å². The van der Waals surface area contributed by atoms with Crippen molar-refractivity contribution in [3.63, 3.8) is 0 Å². The molecule has 0 saturated carbocycles. The van der Waals surface area contributed by atoms with Gasteiger partial charge in [0.05, 0.1) is 6.54 Å². The number of rotatable bonds is 5. The number of nitrogens with one attached hydrogen (secondary N) is 2. The van der Waals surface area contributed by atoms with Crippen molar-refractivity contribution in [3.8, 4) is 0 Å². The Labute approximate surface area is 98.3 Å². The summed E-state index contributed by atoms with van der Waals surface area (Å²) in [5, 5.41) is 13.3. The molecule has 0 bridgehead atoms. The first-order chi connectivity index (χ1) is 7.97. The summed E-state index contributed by atoms with van der Waals surface area (Å²) in [5.41, 5.74) is 1.59. The molecule has 0 fully saturated rings. The van der Waals surface area contributed by atoms with E-state index >= 15 is 0 Å².